The van der Waals surface area contributed by atoms with Crippen LogP contribution in [0.4, 0.5) is 0 Å². The van der Waals surface area contributed by atoms with E-state index in [1.165, 1.54) is 0 Å². The van der Waals surface area contributed by atoms with E-state index in [1.54, 1.807) is 20.8 Å². The number of hydrogen-bond donors (Lipinski definition) is 3. The minimum atomic E-state index is -1.11. The van der Waals surface area contributed by atoms with E-state index in [0.29, 0.717) is 12.8 Å². The van der Waals surface area contributed by atoms with E-state index in [9.17, 15) is 14.4 Å². The van der Waals surface area contributed by atoms with E-state index < -0.39 is 41.1 Å². The van der Waals surface area contributed by atoms with Gasteiger partial charge in [-0.05, 0) is 18.3 Å². The van der Waals surface area contributed by atoms with Crippen molar-refractivity contribution >= 4 is 17.8 Å². The normalized spacial score (nSPS) is 29.8. The molecule has 0 aromatic rings. The van der Waals surface area contributed by atoms with Crippen LogP contribution < -0.4 is 5.32 Å². The number of nitrogens with one attached hydrogen (secondary N) is 1. The molecule has 0 aromatic carbocycles. The Morgan fingerprint density at radius 3 is 2.17 bits per heavy atom. The number of rotatable bonds is 4. The molecule has 0 aromatic heterocycles. The lowest BCUT2D eigenvalue weighted by Gasteiger charge is -2.38. The monoisotopic (exact) mass is 257 g/mol. The Morgan fingerprint density at radius 2 is 1.78 bits per heavy atom. The molecule has 18 heavy (non-hydrogen) atoms. The largest absolute Gasteiger partial charge is 0.481 e. The lowest BCUT2D eigenvalue weighted by molar-refractivity contribution is -0.149. The molecule has 2 unspecified atom stereocenters. The summed E-state index contributed by atoms with van der Waals surface area (Å²) >= 11 is 0. The van der Waals surface area contributed by atoms with Gasteiger partial charge < -0.3 is 15.5 Å². The molecular formula is C12H19NO5. The van der Waals surface area contributed by atoms with Crippen molar-refractivity contribution in [3.63, 3.8) is 0 Å². The molecule has 1 rings (SSSR count). The SMILES string of the molecule is CC1(C(=O)NCC(=O)O)CCC(C(=O)O)C1(C)C. The van der Waals surface area contributed by atoms with Gasteiger partial charge in [-0.25, -0.2) is 0 Å². The molecule has 0 saturated heterocycles. The van der Waals surface area contributed by atoms with Crippen molar-refractivity contribution in [2.45, 2.75) is 33.6 Å². The predicted octanol–water partition coefficient (Wildman–Crippen LogP) is 0.714. The molecule has 1 aliphatic carbocycles. The molecule has 0 heterocycles. The highest BCUT2D eigenvalue weighted by Crippen LogP contribution is 2.56. The average Bonchev–Trinajstić information content (AvgIpc) is 2.47. The maximum Gasteiger partial charge on any atom is 0.322 e. The first kappa shape index (κ1) is 14.5. The second-order valence-corrected chi connectivity index (χ2v) is 5.56. The van der Waals surface area contributed by atoms with Crippen LogP contribution in [-0.4, -0.2) is 34.6 Å². The first-order valence-corrected chi connectivity index (χ1v) is 5.86. The third-order valence-electron chi connectivity index (χ3n) is 4.43. The lowest BCUT2D eigenvalue weighted by atomic mass is 9.65. The molecular weight excluding hydrogens is 238 g/mol. The van der Waals surface area contributed by atoms with Crippen molar-refractivity contribution in [2.75, 3.05) is 6.54 Å². The van der Waals surface area contributed by atoms with Gasteiger partial charge in [-0.3, -0.25) is 14.4 Å². The van der Waals surface area contributed by atoms with Gasteiger partial charge in [-0.1, -0.05) is 20.8 Å². The van der Waals surface area contributed by atoms with Gasteiger partial charge in [0.25, 0.3) is 0 Å². The van der Waals surface area contributed by atoms with Crippen LogP contribution in [0.15, 0.2) is 0 Å². The summed E-state index contributed by atoms with van der Waals surface area (Å²) in [5.74, 6) is -3.00. The zero-order valence-electron chi connectivity index (χ0n) is 10.8. The Labute approximate surface area is 105 Å². The van der Waals surface area contributed by atoms with E-state index in [-0.39, 0.29) is 0 Å². The van der Waals surface area contributed by atoms with Gasteiger partial charge in [0.2, 0.25) is 5.91 Å². The number of carboxylic acid groups (broad SMARTS) is 2. The van der Waals surface area contributed by atoms with Gasteiger partial charge in [0, 0.05) is 0 Å². The smallest absolute Gasteiger partial charge is 0.322 e. The van der Waals surface area contributed by atoms with Crippen LogP contribution in [0.1, 0.15) is 33.6 Å². The minimum absolute atomic E-state index is 0.390. The molecule has 6 heteroatoms. The summed E-state index contributed by atoms with van der Waals surface area (Å²) in [6.07, 6.45) is 0.877. The summed E-state index contributed by atoms with van der Waals surface area (Å²) < 4.78 is 0. The zero-order chi connectivity index (χ0) is 14.1. The third-order valence-corrected chi connectivity index (χ3v) is 4.43. The first-order chi connectivity index (χ1) is 8.13. The molecule has 0 radical (unpaired) electrons. The standard InChI is InChI=1S/C12H19NO5/c1-11(2)7(9(16)17)4-5-12(11,3)10(18)13-6-8(14)15/h7H,4-6H2,1-3H3,(H,13,18)(H,14,15)(H,16,17). The summed E-state index contributed by atoms with van der Waals surface area (Å²) in [5, 5.41) is 20.1. The number of carbonyl (C=O) groups is 3. The van der Waals surface area contributed by atoms with Crippen molar-refractivity contribution in [1.82, 2.24) is 5.32 Å². The molecule has 1 amide bonds. The Bertz CT molecular complexity index is 390. The highest BCUT2D eigenvalue weighted by molar-refractivity contribution is 5.88. The first-order valence-electron chi connectivity index (χ1n) is 5.86. The Hall–Kier alpha value is -1.59. The molecule has 1 aliphatic rings. The fraction of sp³-hybridized carbons (Fsp3) is 0.750. The van der Waals surface area contributed by atoms with E-state index in [1.807, 2.05) is 0 Å². The molecule has 0 spiro atoms. The Morgan fingerprint density at radius 1 is 1.22 bits per heavy atom. The van der Waals surface area contributed by atoms with Gasteiger partial charge >= 0.3 is 11.9 Å². The number of aliphatic carboxylic acids is 2. The number of carboxylic acids is 2. The maximum atomic E-state index is 12.1. The van der Waals surface area contributed by atoms with Gasteiger partial charge in [0.15, 0.2) is 0 Å². The lowest BCUT2D eigenvalue weighted by Crippen LogP contribution is -2.49. The van der Waals surface area contributed by atoms with Crippen LogP contribution in [0.5, 0.6) is 0 Å². The second kappa shape index (κ2) is 4.59. The van der Waals surface area contributed by atoms with Crippen molar-refractivity contribution in [3.05, 3.63) is 0 Å². The highest BCUT2D eigenvalue weighted by Gasteiger charge is 2.58. The summed E-state index contributed by atoms with van der Waals surface area (Å²) in [5.41, 5.74) is -1.56. The fourth-order valence-electron chi connectivity index (χ4n) is 2.69. The highest BCUT2D eigenvalue weighted by atomic mass is 16.4. The van der Waals surface area contributed by atoms with Gasteiger partial charge in [-0.15, -0.1) is 0 Å². The van der Waals surface area contributed by atoms with Gasteiger partial charge in [-0.2, -0.15) is 0 Å². The summed E-state index contributed by atoms with van der Waals surface area (Å²) in [7, 11) is 0. The molecule has 1 fully saturated rings. The van der Waals surface area contributed by atoms with Crippen LogP contribution in [-0.2, 0) is 14.4 Å². The molecule has 3 N–H and O–H groups in total. The van der Waals surface area contributed by atoms with Gasteiger partial charge in [0.1, 0.15) is 6.54 Å². The van der Waals surface area contributed by atoms with Crippen LogP contribution in [0.2, 0.25) is 0 Å². The summed E-state index contributed by atoms with van der Waals surface area (Å²) in [4.78, 5) is 33.7. The van der Waals surface area contributed by atoms with Crippen LogP contribution in [0.3, 0.4) is 0 Å². The van der Waals surface area contributed by atoms with Crippen molar-refractivity contribution in [3.8, 4) is 0 Å². The minimum Gasteiger partial charge on any atom is -0.481 e. The van der Waals surface area contributed by atoms with Crippen molar-refractivity contribution in [1.29, 1.82) is 0 Å². The van der Waals surface area contributed by atoms with E-state index in [2.05, 4.69) is 5.32 Å². The quantitative estimate of drug-likeness (QED) is 0.688. The van der Waals surface area contributed by atoms with Crippen molar-refractivity contribution < 1.29 is 24.6 Å². The van der Waals surface area contributed by atoms with E-state index in [0.717, 1.165) is 0 Å². The molecule has 2 atom stereocenters. The summed E-state index contributed by atoms with van der Waals surface area (Å²) in [6.45, 7) is 4.76. The second-order valence-electron chi connectivity index (χ2n) is 5.56. The number of carbonyl (C=O) groups excluding carboxylic acids is 1. The maximum absolute atomic E-state index is 12.1. The van der Waals surface area contributed by atoms with E-state index in [4.69, 9.17) is 10.2 Å². The molecule has 0 bridgehead atoms. The van der Waals surface area contributed by atoms with Crippen LogP contribution in [0.25, 0.3) is 0 Å². The van der Waals surface area contributed by atoms with Crippen molar-refractivity contribution in [2.24, 2.45) is 16.7 Å². The third kappa shape index (κ3) is 2.19. The summed E-state index contributed by atoms with van der Waals surface area (Å²) in [6, 6.07) is 0. The Balaban J connectivity index is 2.90. The average molecular weight is 257 g/mol. The van der Waals surface area contributed by atoms with Gasteiger partial charge in [0.05, 0.1) is 11.3 Å². The predicted molar refractivity (Wildman–Crippen MR) is 62.9 cm³/mol. The number of hydrogen-bond acceptors (Lipinski definition) is 3. The molecule has 6 nitrogen and oxygen atoms in total. The molecule has 102 valence electrons. The Kier molecular flexibility index (Phi) is 3.69. The topological polar surface area (TPSA) is 104 Å². The number of amides is 1. The molecule has 1 saturated carbocycles. The molecule has 0 aliphatic heterocycles. The zero-order valence-corrected chi connectivity index (χ0v) is 10.8. The van der Waals surface area contributed by atoms with Crippen LogP contribution in [0, 0.1) is 16.7 Å². The van der Waals surface area contributed by atoms with E-state index >= 15 is 0 Å². The van der Waals surface area contributed by atoms with Crippen LogP contribution >= 0.6 is 0 Å². The fourth-order valence-corrected chi connectivity index (χ4v) is 2.69.